The molecule has 4 rings (SSSR count). The van der Waals surface area contributed by atoms with Crippen LogP contribution >= 0.6 is 24.8 Å². The lowest BCUT2D eigenvalue weighted by Crippen LogP contribution is -2.44. The number of halogens is 2. The molecule has 4 nitrogen and oxygen atoms in total. The Labute approximate surface area is 186 Å². The van der Waals surface area contributed by atoms with Crippen LogP contribution in [-0.4, -0.2) is 23.9 Å². The second kappa shape index (κ2) is 10.9. The molecule has 2 unspecified atom stereocenters. The maximum Gasteiger partial charge on any atom is 0.224 e. The van der Waals surface area contributed by atoms with Gasteiger partial charge in [0.05, 0.1) is 12.0 Å². The lowest BCUT2D eigenvalue weighted by atomic mass is 9.86. The fourth-order valence-electron chi connectivity index (χ4n) is 4.53. The quantitative estimate of drug-likeness (QED) is 0.693. The molecule has 0 bridgehead atoms. The van der Waals surface area contributed by atoms with Gasteiger partial charge in [0.1, 0.15) is 0 Å². The van der Waals surface area contributed by atoms with Gasteiger partial charge in [-0.3, -0.25) is 9.69 Å². The van der Waals surface area contributed by atoms with Gasteiger partial charge in [-0.25, -0.2) is 0 Å². The normalized spacial score (nSPS) is 21.2. The molecule has 0 spiro atoms. The highest BCUT2D eigenvalue weighted by atomic mass is 35.5. The molecule has 2 atom stereocenters. The van der Waals surface area contributed by atoms with Gasteiger partial charge in [0.25, 0.3) is 0 Å². The van der Waals surface area contributed by atoms with Gasteiger partial charge in [0, 0.05) is 18.8 Å². The molecule has 1 saturated heterocycles. The number of aryl methyl sites for hydroxylation is 1. The molecule has 2 aliphatic rings. The second-order valence-corrected chi connectivity index (χ2v) is 7.97. The molecular formula is C23H31Cl2N3O. The van der Waals surface area contributed by atoms with E-state index < -0.39 is 0 Å². The van der Waals surface area contributed by atoms with Gasteiger partial charge in [-0.2, -0.15) is 0 Å². The molecule has 0 saturated carbocycles. The van der Waals surface area contributed by atoms with E-state index in [0.717, 1.165) is 57.4 Å². The van der Waals surface area contributed by atoms with Crippen molar-refractivity contribution in [3.8, 4) is 0 Å². The Balaban J connectivity index is 0.00000150. The first-order valence-electron chi connectivity index (χ1n) is 10.1. The number of benzene rings is 2. The molecule has 1 fully saturated rings. The summed E-state index contributed by atoms with van der Waals surface area (Å²) in [5.74, 6) is 0.295. The third-order valence-electron chi connectivity index (χ3n) is 5.92. The zero-order chi connectivity index (χ0) is 18.6. The Kier molecular flexibility index (Phi) is 8.81. The highest BCUT2D eigenvalue weighted by Gasteiger charge is 2.29. The monoisotopic (exact) mass is 435 g/mol. The summed E-state index contributed by atoms with van der Waals surface area (Å²) in [6.07, 6.45) is 5.25. The summed E-state index contributed by atoms with van der Waals surface area (Å²) in [6.45, 7) is 2.85. The molecular weight excluding hydrogens is 405 g/mol. The number of carbonyl (C=O) groups excluding carboxylic acids is 1. The van der Waals surface area contributed by atoms with Crippen molar-refractivity contribution in [1.29, 1.82) is 0 Å². The van der Waals surface area contributed by atoms with E-state index in [0.29, 0.717) is 0 Å². The molecule has 1 aliphatic heterocycles. The Morgan fingerprint density at radius 1 is 1.07 bits per heavy atom. The number of likely N-dealkylation sites (tertiary alicyclic amines) is 1. The zero-order valence-corrected chi connectivity index (χ0v) is 18.3. The van der Waals surface area contributed by atoms with Crippen molar-refractivity contribution >= 4 is 36.4 Å². The van der Waals surface area contributed by atoms with Crippen LogP contribution in [0.15, 0.2) is 48.5 Å². The van der Waals surface area contributed by atoms with Crippen LogP contribution < -0.4 is 11.1 Å². The van der Waals surface area contributed by atoms with Crippen molar-refractivity contribution in [2.75, 3.05) is 18.8 Å². The van der Waals surface area contributed by atoms with E-state index in [2.05, 4.69) is 46.6 Å². The van der Waals surface area contributed by atoms with E-state index in [1.165, 1.54) is 16.7 Å². The van der Waals surface area contributed by atoms with E-state index in [-0.39, 0.29) is 42.7 Å². The average Bonchev–Trinajstić information content (AvgIpc) is 2.69. The van der Waals surface area contributed by atoms with Crippen LogP contribution in [0.3, 0.4) is 0 Å². The number of hydrogen-bond donors (Lipinski definition) is 2. The standard InChI is InChI=1S/C23H29N3O.2ClH/c24-20-11-12-21-18(14-20)8-4-10-22(21)25-23(27)19-9-5-13-26(16-19)15-17-6-2-1-3-7-17;;/h1-3,6-7,11-12,14,19,22H,4-5,8-10,13,15-16,24H2,(H,25,27);2*1H. The predicted molar refractivity (Wildman–Crippen MR) is 124 cm³/mol. The molecule has 1 aliphatic carbocycles. The number of piperidine rings is 1. The summed E-state index contributed by atoms with van der Waals surface area (Å²) < 4.78 is 0. The number of anilines is 1. The minimum absolute atomic E-state index is 0. The van der Waals surface area contributed by atoms with E-state index in [1.54, 1.807) is 0 Å². The number of rotatable bonds is 4. The van der Waals surface area contributed by atoms with Crippen molar-refractivity contribution in [2.45, 2.75) is 44.7 Å². The lowest BCUT2D eigenvalue weighted by Gasteiger charge is -2.34. The van der Waals surface area contributed by atoms with Crippen molar-refractivity contribution in [3.05, 3.63) is 65.2 Å². The van der Waals surface area contributed by atoms with Crippen molar-refractivity contribution in [1.82, 2.24) is 10.2 Å². The first kappa shape index (κ1) is 23.5. The number of nitrogens with one attached hydrogen (secondary N) is 1. The number of nitrogens with two attached hydrogens (primary N) is 1. The Hall–Kier alpha value is -1.75. The predicted octanol–water partition coefficient (Wildman–Crippen LogP) is 4.52. The minimum Gasteiger partial charge on any atom is -0.399 e. The maximum atomic E-state index is 13.0. The third kappa shape index (κ3) is 5.88. The molecule has 2 aromatic rings. The Morgan fingerprint density at radius 2 is 1.86 bits per heavy atom. The van der Waals surface area contributed by atoms with Gasteiger partial charge in [-0.15, -0.1) is 24.8 Å². The van der Waals surface area contributed by atoms with Gasteiger partial charge < -0.3 is 11.1 Å². The zero-order valence-electron chi connectivity index (χ0n) is 16.7. The molecule has 158 valence electrons. The number of amides is 1. The van der Waals surface area contributed by atoms with E-state index >= 15 is 0 Å². The first-order chi connectivity index (χ1) is 13.2. The van der Waals surface area contributed by atoms with Crippen LogP contribution in [0.5, 0.6) is 0 Å². The van der Waals surface area contributed by atoms with E-state index in [1.807, 2.05) is 12.1 Å². The number of carbonyl (C=O) groups is 1. The van der Waals surface area contributed by atoms with Crippen molar-refractivity contribution < 1.29 is 4.79 Å². The smallest absolute Gasteiger partial charge is 0.224 e. The highest BCUT2D eigenvalue weighted by molar-refractivity contribution is 5.85. The number of nitrogens with zero attached hydrogens (tertiary/aromatic N) is 1. The van der Waals surface area contributed by atoms with Crippen LogP contribution in [0.4, 0.5) is 5.69 Å². The van der Waals surface area contributed by atoms with Crippen molar-refractivity contribution in [3.63, 3.8) is 0 Å². The molecule has 0 radical (unpaired) electrons. The summed E-state index contributed by atoms with van der Waals surface area (Å²) >= 11 is 0. The van der Waals surface area contributed by atoms with Crippen LogP contribution in [0, 0.1) is 5.92 Å². The van der Waals surface area contributed by atoms with Gasteiger partial charge >= 0.3 is 0 Å². The highest BCUT2D eigenvalue weighted by Crippen LogP contribution is 2.31. The molecule has 1 heterocycles. The second-order valence-electron chi connectivity index (χ2n) is 7.97. The van der Waals surface area contributed by atoms with Crippen molar-refractivity contribution in [2.24, 2.45) is 5.92 Å². The van der Waals surface area contributed by atoms with Gasteiger partial charge in [0.15, 0.2) is 0 Å². The molecule has 29 heavy (non-hydrogen) atoms. The van der Waals surface area contributed by atoms with Crippen LogP contribution in [0.25, 0.3) is 0 Å². The summed E-state index contributed by atoms with van der Waals surface area (Å²) in [5.41, 5.74) is 10.6. The molecule has 6 heteroatoms. The number of hydrogen-bond acceptors (Lipinski definition) is 3. The summed E-state index contributed by atoms with van der Waals surface area (Å²) in [4.78, 5) is 15.4. The molecule has 1 amide bonds. The van der Waals surface area contributed by atoms with Gasteiger partial charge in [-0.1, -0.05) is 36.4 Å². The first-order valence-corrected chi connectivity index (χ1v) is 10.1. The number of fused-ring (bicyclic) bond motifs is 1. The van der Waals surface area contributed by atoms with E-state index in [4.69, 9.17) is 5.73 Å². The molecule has 3 N–H and O–H groups in total. The van der Waals surface area contributed by atoms with Gasteiger partial charge in [0.2, 0.25) is 5.91 Å². The topological polar surface area (TPSA) is 58.4 Å². The SMILES string of the molecule is Cl.Cl.Nc1ccc2c(c1)CCCC2NC(=O)C1CCCN(Cc2ccccc2)C1. The Morgan fingerprint density at radius 3 is 2.66 bits per heavy atom. The molecule has 2 aromatic carbocycles. The van der Waals surface area contributed by atoms with Crippen LogP contribution in [0.2, 0.25) is 0 Å². The fourth-order valence-corrected chi connectivity index (χ4v) is 4.53. The van der Waals surface area contributed by atoms with Gasteiger partial charge in [-0.05, 0) is 67.5 Å². The molecule has 0 aromatic heterocycles. The average molecular weight is 436 g/mol. The third-order valence-corrected chi connectivity index (χ3v) is 5.92. The summed E-state index contributed by atoms with van der Waals surface area (Å²) in [6, 6.07) is 16.8. The fraction of sp³-hybridized carbons (Fsp3) is 0.435. The summed E-state index contributed by atoms with van der Waals surface area (Å²) in [5, 5.41) is 3.34. The van der Waals surface area contributed by atoms with Crippen LogP contribution in [-0.2, 0) is 17.8 Å². The van der Waals surface area contributed by atoms with E-state index in [9.17, 15) is 4.79 Å². The largest absolute Gasteiger partial charge is 0.399 e. The van der Waals surface area contributed by atoms with Crippen LogP contribution in [0.1, 0.15) is 48.4 Å². The number of nitrogen functional groups attached to an aromatic ring is 1. The Bertz CT molecular complexity index is 800. The summed E-state index contributed by atoms with van der Waals surface area (Å²) in [7, 11) is 0. The maximum absolute atomic E-state index is 13.0. The lowest BCUT2D eigenvalue weighted by molar-refractivity contribution is -0.127. The minimum atomic E-state index is 0.